The van der Waals surface area contributed by atoms with Gasteiger partial charge in [0, 0.05) is 22.9 Å². The van der Waals surface area contributed by atoms with Crippen molar-refractivity contribution in [3.63, 3.8) is 0 Å². The topological polar surface area (TPSA) is 26.3 Å². The van der Waals surface area contributed by atoms with E-state index in [1.165, 1.54) is 0 Å². The molecule has 0 unspecified atom stereocenters. The Morgan fingerprint density at radius 1 is 0.952 bits per heavy atom. The molecule has 1 aliphatic rings. The summed E-state index contributed by atoms with van der Waals surface area (Å²) in [4.78, 5) is 0. The molecule has 1 fully saturated rings. The molecule has 0 aliphatic heterocycles. The average molecular weight is 300 g/mol. The third-order valence-corrected chi connectivity index (χ3v) is 7.96. The van der Waals surface area contributed by atoms with E-state index in [0.717, 1.165) is 23.5 Å². The van der Waals surface area contributed by atoms with E-state index in [9.17, 15) is 4.57 Å². The van der Waals surface area contributed by atoms with Gasteiger partial charge in [0.25, 0.3) is 0 Å². The summed E-state index contributed by atoms with van der Waals surface area (Å²) >= 11 is 0. The van der Waals surface area contributed by atoms with E-state index in [0.29, 0.717) is 6.61 Å². The lowest BCUT2D eigenvalue weighted by Gasteiger charge is -2.41. The highest BCUT2D eigenvalue weighted by Crippen LogP contribution is 2.56. The van der Waals surface area contributed by atoms with E-state index in [1.807, 2.05) is 67.6 Å². The molecule has 2 aromatic carbocycles. The first-order valence-electron chi connectivity index (χ1n) is 7.59. The van der Waals surface area contributed by atoms with Crippen molar-refractivity contribution in [3.05, 3.63) is 60.7 Å². The molecule has 0 amide bonds. The van der Waals surface area contributed by atoms with E-state index in [4.69, 9.17) is 4.74 Å². The smallest absolute Gasteiger partial charge is 0.148 e. The third kappa shape index (κ3) is 2.59. The van der Waals surface area contributed by atoms with E-state index in [-0.39, 0.29) is 11.8 Å². The zero-order valence-corrected chi connectivity index (χ0v) is 13.2. The van der Waals surface area contributed by atoms with Gasteiger partial charge in [0.2, 0.25) is 0 Å². The van der Waals surface area contributed by atoms with Crippen LogP contribution in [0.15, 0.2) is 60.7 Å². The van der Waals surface area contributed by atoms with Gasteiger partial charge in [0.15, 0.2) is 0 Å². The lowest BCUT2D eigenvalue weighted by Crippen LogP contribution is -2.43. The minimum Gasteiger partial charge on any atom is -0.378 e. The molecular weight excluding hydrogens is 279 g/mol. The standard InChI is InChI=1S/C18H21O2P/c1-2-20-17-13-14-18(17)21(19,15-9-5-3-6-10-15)16-11-7-4-8-12-16/h3-12,17-18H,2,13-14H2,1H3/t17-,18-/m0/s1. The largest absolute Gasteiger partial charge is 0.378 e. The van der Waals surface area contributed by atoms with Crippen LogP contribution >= 0.6 is 7.14 Å². The fraction of sp³-hybridized carbons (Fsp3) is 0.333. The zero-order chi connectivity index (χ0) is 14.7. The Bertz CT molecular complexity index is 581. The van der Waals surface area contributed by atoms with Gasteiger partial charge in [-0.25, -0.2) is 0 Å². The summed E-state index contributed by atoms with van der Waals surface area (Å²) in [6, 6.07) is 19.8. The second-order valence-corrected chi connectivity index (χ2v) is 8.48. The summed E-state index contributed by atoms with van der Waals surface area (Å²) in [5.74, 6) is 0. The van der Waals surface area contributed by atoms with Crippen molar-refractivity contribution in [2.45, 2.75) is 31.5 Å². The molecule has 0 bridgehead atoms. The molecule has 0 spiro atoms. The molecule has 110 valence electrons. The monoisotopic (exact) mass is 300 g/mol. The Balaban J connectivity index is 2.06. The molecule has 2 atom stereocenters. The Morgan fingerprint density at radius 3 is 1.86 bits per heavy atom. The van der Waals surface area contributed by atoms with Crippen LogP contribution in [0.3, 0.4) is 0 Å². The van der Waals surface area contributed by atoms with Gasteiger partial charge in [-0.2, -0.15) is 0 Å². The summed E-state index contributed by atoms with van der Waals surface area (Å²) in [7, 11) is -2.64. The second kappa shape index (κ2) is 6.17. The molecule has 2 aromatic rings. The summed E-state index contributed by atoms with van der Waals surface area (Å²) < 4.78 is 19.8. The van der Waals surface area contributed by atoms with Crippen LogP contribution in [0.2, 0.25) is 0 Å². The first-order valence-corrected chi connectivity index (χ1v) is 9.37. The second-order valence-electron chi connectivity index (χ2n) is 5.47. The molecule has 21 heavy (non-hydrogen) atoms. The summed E-state index contributed by atoms with van der Waals surface area (Å²) in [5, 5.41) is 1.90. The highest BCUT2D eigenvalue weighted by atomic mass is 31.2. The van der Waals surface area contributed by atoms with Crippen molar-refractivity contribution in [2.75, 3.05) is 6.61 Å². The highest BCUT2D eigenvalue weighted by Gasteiger charge is 2.46. The number of ether oxygens (including phenoxy) is 1. The van der Waals surface area contributed by atoms with Crippen molar-refractivity contribution >= 4 is 17.8 Å². The number of rotatable bonds is 5. The van der Waals surface area contributed by atoms with Gasteiger partial charge in [0.1, 0.15) is 7.14 Å². The molecule has 0 radical (unpaired) electrons. The Kier molecular flexibility index (Phi) is 4.28. The average Bonchev–Trinajstić information content (AvgIpc) is 2.53. The summed E-state index contributed by atoms with van der Waals surface area (Å²) in [6.07, 6.45) is 2.12. The van der Waals surface area contributed by atoms with Gasteiger partial charge < -0.3 is 9.30 Å². The maximum absolute atomic E-state index is 14.0. The Labute approximate surface area is 126 Å². The molecule has 0 aromatic heterocycles. The number of hydrogen-bond acceptors (Lipinski definition) is 2. The fourth-order valence-corrected chi connectivity index (χ4v) is 6.62. The molecule has 0 saturated heterocycles. The lowest BCUT2D eigenvalue weighted by atomic mass is 9.95. The molecule has 2 nitrogen and oxygen atoms in total. The molecule has 0 N–H and O–H groups in total. The van der Waals surface area contributed by atoms with Gasteiger partial charge in [-0.05, 0) is 19.8 Å². The predicted octanol–water partition coefficient (Wildman–Crippen LogP) is 3.57. The normalized spacial score (nSPS) is 21.8. The van der Waals surface area contributed by atoms with Gasteiger partial charge in [0.05, 0.1) is 6.10 Å². The van der Waals surface area contributed by atoms with Crippen molar-refractivity contribution in [1.82, 2.24) is 0 Å². The quantitative estimate of drug-likeness (QED) is 0.789. The predicted molar refractivity (Wildman–Crippen MR) is 88.2 cm³/mol. The molecule has 3 heteroatoms. The molecule has 0 heterocycles. The SMILES string of the molecule is CCO[C@H]1CC[C@@H]1P(=O)(c1ccccc1)c1ccccc1. The molecule has 1 saturated carbocycles. The van der Waals surface area contributed by atoms with Crippen LogP contribution in [0.4, 0.5) is 0 Å². The van der Waals surface area contributed by atoms with Crippen molar-refractivity contribution in [2.24, 2.45) is 0 Å². The fourth-order valence-electron chi connectivity index (χ4n) is 3.11. The van der Waals surface area contributed by atoms with Crippen LogP contribution in [0, 0.1) is 0 Å². The molecule has 3 rings (SSSR count). The first-order chi connectivity index (χ1) is 10.3. The molecule has 1 aliphatic carbocycles. The van der Waals surface area contributed by atoms with E-state index < -0.39 is 7.14 Å². The van der Waals surface area contributed by atoms with Crippen molar-refractivity contribution in [1.29, 1.82) is 0 Å². The maximum atomic E-state index is 14.0. The van der Waals surface area contributed by atoms with Crippen molar-refractivity contribution in [3.8, 4) is 0 Å². The van der Waals surface area contributed by atoms with Gasteiger partial charge in [-0.1, -0.05) is 60.7 Å². The van der Waals surface area contributed by atoms with Crippen LogP contribution in [0.25, 0.3) is 0 Å². The van der Waals surface area contributed by atoms with Crippen LogP contribution in [-0.2, 0) is 9.30 Å². The van der Waals surface area contributed by atoms with Crippen LogP contribution in [0.1, 0.15) is 19.8 Å². The van der Waals surface area contributed by atoms with E-state index >= 15 is 0 Å². The van der Waals surface area contributed by atoms with Gasteiger partial charge in [-0.3, -0.25) is 0 Å². The minimum absolute atomic E-state index is 0.113. The Hall–Kier alpha value is -1.37. The maximum Gasteiger partial charge on any atom is 0.148 e. The third-order valence-electron chi connectivity index (χ3n) is 4.30. The minimum atomic E-state index is -2.64. The molecular formula is C18H21O2P. The van der Waals surface area contributed by atoms with Crippen LogP contribution in [-0.4, -0.2) is 18.4 Å². The van der Waals surface area contributed by atoms with Gasteiger partial charge in [-0.15, -0.1) is 0 Å². The van der Waals surface area contributed by atoms with Gasteiger partial charge >= 0.3 is 0 Å². The lowest BCUT2D eigenvalue weighted by molar-refractivity contribution is 0.0135. The van der Waals surface area contributed by atoms with Crippen LogP contribution < -0.4 is 10.6 Å². The number of benzene rings is 2. The van der Waals surface area contributed by atoms with Crippen LogP contribution in [0.5, 0.6) is 0 Å². The zero-order valence-electron chi connectivity index (χ0n) is 12.3. The first kappa shape index (κ1) is 14.6. The van der Waals surface area contributed by atoms with Crippen molar-refractivity contribution < 1.29 is 9.30 Å². The van der Waals surface area contributed by atoms with E-state index in [1.54, 1.807) is 0 Å². The Morgan fingerprint density at radius 2 is 1.48 bits per heavy atom. The summed E-state index contributed by atoms with van der Waals surface area (Å²) in [5.41, 5.74) is 0.113. The highest BCUT2D eigenvalue weighted by molar-refractivity contribution is 7.79. The summed E-state index contributed by atoms with van der Waals surface area (Å²) in [6.45, 7) is 2.69. The number of hydrogen-bond donors (Lipinski definition) is 0. The van der Waals surface area contributed by atoms with E-state index in [2.05, 4.69) is 0 Å².